The molecule has 122 valence electrons. The van der Waals surface area contributed by atoms with Crippen molar-refractivity contribution in [3.63, 3.8) is 0 Å². The Kier molecular flexibility index (Phi) is 2.70. The Labute approximate surface area is 134 Å². The maximum atomic E-state index is 13.0. The molecule has 5 rings (SSSR count). The van der Waals surface area contributed by atoms with Crippen LogP contribution in [-0.4, -0.2) is 26.3 Å². The number of amides is 2. The van der Waals surface area contributed by atoms with Gasteiger partial charge in [0, 0.05) is 12.0 Å². The van der Waals surface area contributed by atoms with Gasteiger partial charge in [-0.25, -0.2) is 4.98 Å². The molecule has 9 heteroatoms. The average molecular weight is 328 g/mol. The van der Waals surface area contributed by atoms with E-state index >= 15 is 0 Å². The maximum absolute atomic E-state index is 13.0. The van der Waals surface area contributed by atoms with Gasteiger partial charge in [0.05, 0.1) is 10.4 Å². The third kappa shape index (κ3) is 1.63. The summed E-state index contributed by atoms with van der Waals surface area (Å²) in [7, 11) is 0. The number of non-ortho nitro benzene ring substituents is 1. The van der Waals surface area contributed by atoms with E-state index in [1.165, 1.54) is 22.8 Å². The number of carbonyl (C=O) groups excluding carboxylic acids is 2. The highest BCUT2D eigenvalue weighted by molar-refractivity contribution is 6.06. The fraction of sp³-hybridized carbons (Fsp3) is 0.333. The van der Waals surface area contributed by atoms with Crippen LogP contribution in [-0.2, 0) is 15.1 Å². The van der Waals surface area contributed by atoms with Crippen molar-refractivity contribution in [2.45, 2.75) is 25.3 Å². The van der Waals surface area contributed by atoms with Crippen LogP contribution in [0.5, 0.6) is 0 Å². The van der Waals surface area contributed by atoms with Crippen molar-refractivity contribution < 1.29 is 14.5 Å². The largest absolute Gasteiger partial charge is 0.294 e. The summed E-state index contributed by atoms with van der Waals surface area (Å²) in [5.74, 6) is -0.932. The molecule has 2 amide bonds. The lowest BCUT2D eigenvalue weighted by Gasteiger charge is -2.50. The number of aromatic nitrogens is 2. The van der Waals surface area contributed by atoms with E-state index in [4.69, 9.17) is 0 Å². The molecule has 1 aromatic carbocycles. The van der Waals surface area contributed by atoms with E-state index in [0.29, 0.717) is 0 Å². The molecule has 1 N–H and O–H groups in total. The molecule has 2 aliphatic heterocycles. The molecule has 3 aliphatic rings. The number of nitro groups is 1. The number of piperidine rings is 2. The highest BCUT2D eigenvalue weighted by Crippen LogP contribution is 2.47. The zero-order chi connectivity index (χ0) is 17.2. The first-order chi connectivity index (χ1) is 11.3. The second-order valence-electron chi connectivity index (χ2n) is 6.18. The summed E-state index contributed by atoms with van der Waals surface area (Å²) in [6, 6.07) is 4.21. The van der Waals surface area contributed by atoms with Crippen molar-refractivity contribution in [1.82, 2.24) is 14.9 Å². The number of hydrogen-bond acceptors (Lipinski definition) is 6. The van der Waals surface area contributed by atoms with Crippen LogP contribution in [0, 0.1) is 23.0 Å². The zero-order valence-corrected chi connectivity index (χ0v) is 12.6. The summed E-state index contributed by atoms with van der Waals surface area (Å²) >= 11 is 0. The third-order valence-corrected chi connectivity index (χ3v) is 4.87. The first-order valence-corrected chi connectivity index (χ1v) is 7.38. The third-order valence-electron chi connectivity index (χ3n) is 4.87. The molecule has 0 unspecified atom stereocenters. The number of hydrogen-bond donors (Lipinski definition) is 1. The summed E-state index contributed by atoms with van der Waals surface area (Å²) in [5.41, 5.74) is -1.96. The van der Waals surface area contributed by atoms with Crippen molar-refractivity contribution in [1.29, 1.82) is 0 Å². The maximum Gasteiger partial charge on any atom is 0.284 e. The molecule has 3 fully saturated rings. The summed E-state index contributed by atoms with van der Waals surface area (Å²) in [4.78, 5) is 51.8. The number of aryl methyl sites for hydroxylation is 1. The lowest BCUT2D eigenvalue weighted by molar-refractivity contribution is -0.383. The molecule has 0 radical (unpaired) electrons. The Morgan fingerprint density at radius 1 is 1.33 bits per heavy atom. The van der Waals surface area contributed by atoms with E-state index in [9.17, 15) is 24.5 Å². The molecule has 9 nitrogen and oxygen atoms in total. The first kappa shape index (κ1) is 14.5. The van der Waals surface area contributed by atoms with Crippen molar-refractivity contribution in [3.05, 3.63) is 44.5 Å². The predicted octanol–water partition coefficient (Wildman–Crippen LogP) is 0.375. The van der Waals surface area contributed by atoms with Gasteiger partial charge in [0.15, 0.2) is 0 Å². The normalized spacial score (nSPS) is 25.3. The average Bonchev–Trinajstić information content (AvgIpc) is 2.46. The lowest BCUT2D eigenvalue weighted by atomic mass is 9.64. The number of imide groups is 1. The van der Waals surface area contributed by atoms with Crippen molar-refractivity contribution in [2.75, 3.05) is 0 Å². The first-order valence-electron chi connectivity index (χ1n) is 7.38. The van der Waals surface area contributed by atoms with Crippen molar-refractivity contribution in [2.24, 2.45) is 5.92 Å². The van der Waals surface area contributed by atoms with Crippen LogP contribution >= 0.6 is 0 Å². The van der Waals surface area contributed by atoms with Crippen molar-refractivity contribution in [3.8, 4) is 0 Å². The van der Waals surface area contributed by atoms with Crippen LogP contribution in [0.25, 0.3) is 10.9 Å². The molecule has 1 aromatic heterocycles. The quantitative estimate of drug-likeness (QED) is 0.482. The minimum Gasteiger partial charge on any atom is -0.294 e. The predicted molar refractivity (Wildman–Crippen MR) is 81.2 cm³/mol. The number of carbonyl (C=O) groups is 2. The van der Waals surface area contributed by atoms with Crippen molar-refractivity contribution >= 4 is 28.4 Å². The Bertz CT molecular complexity index is 1000. The molecule has 2 aromatic rings. The van der Waals surface area contributed by atoms with E-state index in [1.54, 1.807) is 6.92 Å². The topological polar surface area (TPSA) is 124 Å². The zero-order valence-electron chi connectivity index (χ0n) is 12.6. The summed E-state index contributed by atoms with van der Waals surface area (Å²) in [5, 5.41) is 13.4. The standard InChI is InChI=1S/C15H12N4O5/c1-7-16-9-3-2-4-10(19(23)24)11(9)13(21)18(7)15-5-8(6-15)12(20)17-14(15)22/h2-4,8H,5-6H2,1H3,(H,17,20,22). The van der Waals surface area contributed by atoms with E-state index in [-0.39, 0.29) is 47.1 Å². The van der Waals surface area contributed by atoms with Crippen LogP contribution in [0.2, 0.25) is 0 Å². The van der Waals surface area contributed by atoms with Gasteiger partial charge in [0.1, 0.15) is 16.7 Å². The van der Waals surface area contributed by atoms with Crippen LogP contribution in [0.15, 0.2) is 23.0 Å². The molecular weight excluding hydrogens is 316 g/mol. The molecule has 24 heavy (non-hydrogen) atoms. The Hall–Kier alpha value is -3.10. The summed E-state index contributed by atoms with van der Waals surface area (Å²) in [6.07, 6.45) is 0.429. The van der Waals surface area contributed by atoms with Crippen LogP contribution in [0.3, 0.4) is 0 Å². The Balaban J connectivity index is 2.03. The fourth-order valence-corrected chi connectivity index (χ4v) is 3.72. The summed E-state index contributed by atoms with van der Waals surface area (Å²) < 4.78 is 1.21. The van der Waals surface area contributed by atoms with E-state index in [2.05, 4.69) is 10.3 Å². The van der Waals surface area contributed by atoms with Gasteiger partial charge < -0.3 is 0 Å². The molecule has 2 saturated heterocycles. The van der Waals surface area contributed by atoms with Gasteiger partial charge in [0.2, 0.25) is 5.91 Å². The van der Waals surface area contributed by atoms with E-state index in [0.717, 1.165) is 0 Å². The van der Waals surface area contributed by atoms with Gasteiger partial charge in [-0.3, -0.25) is 34.4 Å². The molecular formula is C15H12N4O5. The lowest BCUT2D eigenvalue weighted by Crippen LogP contribution is -2.69. The molecule has 1 aliphatic carbocycles. The van der Waals surface area contributed by atoms with Gasteiger partial charge in [-0.2, -0.15) is 0 Å². The highest BCUT2D eigenvalue weighted by Gasteiger charge is 2.60. The van der Waals surface area contributed by atoms with Gasteiger partial charge in [-0.05, 0) is 25.8 Å². The van der Waals surface area contributed by atoms with Gasteiger partial charge in [-0.1, -0.05) is 6.07 Å². The molecule has 3 heterocycles. The second-order valence-corrected chi connectivity index (χ2v) is 6.18. The second kappa shape index (κ2) is 4.47. The van der Waals surface area contributed by atoms with Crippen LogP contribution < -0.4 is 10.9 Å². The van der Waals surface area contributed by atoms with Gasteiger partial charge in [-0.15, -0.1) is 0 Å². The Morgan fingerprint density at radius 3 is 2.67 bits per heavy atom. The number of nitro benzene ring substituents is 1. The molecule has 1 saturated carbocycles. The number of fused-ring (bicyclic) bond motifs is 3. The summed E-state index contributed by atoms with van der Waals surface area (Å²) in [6.45, 7) is 1.57. The number of nitrogens with zero attached hydrogens (tertiary/aromatic N) is 3. The SMILES string of the molecule is Cc1nc2cccc([N+](=O)[O-])c2c(=O)n1C12CC(C1)C(=O)NC2=O. The number of benzene rings is 1. The minimum atomic E-state index is -1.19. The minimum absolute atomic E-state index is 0.129. The van der Waals surface area contributed by atoms with E-state index in [1.807, 2.05) is 0 Å². The smallest absolute Gasteiger partial charge is 0.284 e. The fourth-order valence-electron chi connectivity index (χ4n) is 3.72. The highest BCUT2D eigenvalue weighted by atomic mass is 16.6. The molecule has 0 atom stereocenters. The number of nitrogens with one attached hydrogen (secondary N) is 1. The Morgan fingerprint density at radius 2 is 2.04 bits per heavy atom. The van der Waals surface area contributed by atoms with Gasteiger partial charge >= 0.3 is 0 Å². The van der Waals surface area contributed by atoms with Gasteiger partial charge in [0.25, 0.3) is 17.2 Å². The number of rotatable bonds is 2. The molecule has 0 spiro atoms. The monoisotopic (exact) mass is 328 g/mol. The van der Waals surface area contributed by atoms with Crippen LogP contribution in [0.1, 0.15) is 18.7 Å². The van der Waals surface area contributed by atoms with Crippen LogP contribution in [0.4, 0.5) is 5.69 Å². The molecule has 2 bridgehead atoms. The van der Waals surface area contributed by atoms with E-state index < -0.39 is 21.9 Å².